The summed E-state index contributed by atoms with van der Waals surface area (Å²) in [5, 5.41) is 0. The minimum atomic E-state index is -1.83. The van der Waals surface area contributed by atoms with Crippen LogP contribution in [0.15, 0.2) is 0 Å². The number of carbonyl (C=O) groups is 8. The number of rotatable bonds is 12. The van der Waals surface area contributed by atoms with E-state index in [-0.39, 0.29) is 0 Å². The quantitative estimate of drug-likeness (QED) is 0.181. The summed E-state index contributed by atoms with van der Waals surface area (Å²) in [6.45, 7) is 7.05. The minimum Gasteiger partial charge on any atom is -0.463 e. The second-order valence-electron chi connectivity index (χ2n) is 10.3. The predicted octanol–water partition coefficient (Wildman–Crippen LogP) is -0.831. The van der Waals surface area contributed by atoms with Crippen LogP contribution in [0.2, 0.25) is 0 Å². The Kier molecular flexibility index (Phi) is 14.5. The molecular formula is C28H38O19. The molecule has 2 saturated heterocycles. The Labute approximate surface area is 268 Å². The van der Waals surface area contributed by atoms with Crippen molar-refractivity contribution in [2.75, 3.05) is 13.2 Å². The van der Waals surface area contributed by atoms with Gasteiger partial charge in [-0.25, -0.2) is 0 Å². The first-order valence-electron chi connectivity index (χ1n) is 14.2. The highest BCUT2D eigenvalue weighted by Gasteiger charge is 2.58. The first-order valence-corrected chi connectivity index (χ1v) is 14.2. The molecule has 0 aliphatic carbocycles. The molecule has 0 saturated carbocycles. The van der Waals surface area contributed by atoms with Crippen molar-refractivity contribution in [2.45, 2.75) is 117 Å². The van der Waals surface area contributed by atoms with Crippen molar-refractivity contribution in [3.8, 4) is 0 Å². The number of ether oxygens (including phenoxy) is 11. The Bertz CT molecular complexity index is 1200. The molecule has 19 nitrogen and oxygen atoms in total. The molecule has 0 aromatic heterocycles. The summed E-state index contributed by atoms with van der Waals surface area (Å²) in [4.78, 5) is 96.3. The highest BCUT2D eigenvalue weighted by atomic mass is 16.8. The molecule has 0 N–H and O–H groups in total. The topological polar surface area (TPSA) is 238 Å². The van der Waals surface area contributed by atoms with Crippen LogP contribution in [0.25, 0.3) is 0 Å². The molecule has 0 amide bonds. The fourth-order valence-electron chi connectivity index (χ4n) is 4.73. The zero-order valence-corrected chi connectivity index (χ0v) is 26.9. The fraction of sp³-hybridized carbons (Fsp3) is 0.714. The summed E-state index contributed by atoms with van der Waals surface area (Å²) in [7, 11) is 0. The normalized spacial score (nSPS) is 30.0. The monoisotopic (exact) mass is 678 g/mol. The van der Waals surface area contributed by atoms with Gasteiger partial charge in [0.1, 0.15) is 31.5 Å². The molecule has 264 valence electrons. The van der Waals surface area contributed by atoms with Crippen molar-refractivity contribution < 1.29 is 90.5 Å². The van der Waals surface area contributed by atoms with Crippen LogP contribution in [0.4, 0.5) is 0 Å². The van der Waals surface area contributed by atoms with E-state index in [1.54, 1.807) is 0 Å². The molecule has 2 heterocycles. The zero-order valence-electron chi connectivity index (χ0n) is 26.9. The summed E-state index contributed by atoms with van der Waals surface area (Å²) in [6.07, 6.45) is -16.3. The average Bonchev–Trinajstić information content (AvgIpc) is 2.91. The van der Waals surface area contributed by atoms with Crippen LogP contribution in [0.3, 0.4) is 0 Å². The second-order valence-corrected chi connectivity index (χ2v) is 10.3. The van der Waals surface area contributed by atoms with Crippen molar-refractivity contribution in [2.24, 2.45) is 0 Å². The molecule has 0 aromatic rings. The fourth-order valence-corrected chi connectivity index (χ4v) is 4.73. The first-order chi connectivity index (χ1) is 21.9. The van der Waals surface area contributed by atoms with Gasteiger partial charge in [0.2, 0.25) is 12.4 Å². The van der Waals surface area contributed by atoms with Gasteiger partial charge < -0.3 is 52.1 Å². The Hall–Kier alpha value is -4.36. The number of hydrogen-bond acceptors (Lipinski definition) is 19. The molecule has 0 radical (unpaired) electrons. The van der Waals surface area contributed by atoms with Gasteiger partial charge in [-0.2, -0.15) is 0 Å². The number of hydrogen-bond donors (Lipinski definition) is 0. The van der Waals surface area contributed by atoms with Gasteiger partial charge in [-0.3, -0.25) is 38.4 Å². The molecule has 2 rings (SSSR count). The Morgan fingerprint density at radius 3 is 1.11 bits per heavy atom. The predicted molar refractivity (Wildman–Crippen MR) is 145 cm³/mol. The molecule has 2 fully saturated rings. The molecule has 10 atom stereocenters. The van der Waals surface area contributed by atoms with Crippen molar-refractivity contribution in [1.29, 1.82) is 0 Å². The third-order valence-corrected chi connectivity index (χ3v) is 6.17. The van der Waals surface area contributed by atoms with Gasteiger partial charge in [0, 0.05) is 55.4 Å². The summed E-state index contributed by atoms with van der Waals surface area (Å²) < 4.78 is 60.2. The lowest BCUT2D eigenvalue weighted by Crippen LogP contribution is -2.67. The van der Waals surface area contributed by atoms with E-state index in [2.05, 4.69) is 0 Å². The standard InChI is InChI=1S/C28H38O19/c1-11(29)37-9-19-21(39-13(3)31)23(40-14(4)32)26(43-17(7)35)28(46-19)47-22-20(10-38-12(2)30)45-27(44-18(8)36)25(42-16(6)34)24(22)41-15(5)33/h19-28H,9-10H2,1-8H3/t19-,20-,21-,22-,23+,24+,25-,26+,27+,28+/m1/s1. The van der Waals surface area contributed by atoms with Gasteiger partial charge in [-0.15, -0.1) is 0 Å². The van der Waals surface area contributed by atoms with Gasteiger partial charge in [0.25, 0.3) is 0 Å². The first kappa shape index (κ1) is 38.8. The van der Waals surface area contributed by atoms with Crippen molar-refractivity contribution in [1.82, 2.24) is 0 Å². The van der Waals surface area contributed by atoms with E-state index in [9.17, 15) is 38.4 Å². The maximum Gasteiger partial charge on any atom is 0.305 e. The highest BCUT2D eigenvalue weighted by Crippen LogP contribution is 2.35. The van der Waals surface area contributed by atoms with Crippen LogP contribution < -0.4 is 0 Å². The third-order valence-electron chi connectivity index (χ3n) is 6.17. The Morgan fingerprint density at radius 2 is 0.702 bits per heavy atom. The van der Waals surface area contributed by atoms with E-state index < -0.39 is 122 Å². The number of carbonyl (C=O) groups excluding carboxylic acids is 8. The van der Waals surface area contributed by atoms with Crippen molar-refractivity contribution in [3.05, 3.63) is 0 Å². The van der Waals surface area contributed by atoms with Crippen LogP contribution in [0.5, 0.6) is 0 Å². The molecule has 0 unspecified atom stereocenters. The van der Waals surface area contributed by atoms with E-state index in [4.69, 9.17) is 52.1 Å². The van der Waals surface area contributed by atoms with Gasteiger partial charge in [0.05, 0.1) is 0 Å². The average molecular weight is 679 g/mol. The summed E-state index contributed by atoms with van der Waals surface area (Å²) in [5.41, 5.74) is 0. The molecule has 19 heteroatoms. The molecule has 0 bridgehead atoms. The lowest BCUT2D eigenvalue weighted by Gasteiger charge is -2.48. The van der Waals surface area contributed by atoms with Crippen LogP contribution in [-0.4, -0.2) is 122 Å². The number of esters is 8. The lowest BCUT2D eigenvalue weighted by atomic mass is 9.96. The zero-order chi connectivity index (χ0) is 35.6. The summed E-state index contributed by atoms with van der Waals surface area (Å²) in [5.74, 6) is -7.02. The second kappa shape index (κ2) is 17.5. The SMILES string of the molecule is CC(=O)OC[C@H]1O[C@@H](O[C@H]2[C@H](OC(C)=O)[C@@H](OC(C)=O)[C@@H](OC(C)=O)O[C@@H]2COC(C)=O)[C@@H](OC(C)=O)[C@@H](OC(C)=O)[C@@H]1OC(C)=O. The van der Waals surface area contributed by atoms with E-state index >= 15 is 0 Å². The Balaban J connectivity index is 2.73. The molecular weight excluding hydrogens is 640 g/mol. The Morgan fingerprint density at radius 1 is 0.383 bits per heavy atom. The van der Waals surface area contributed by atoms with Crippen molar-refractivity contribution in [3.63, 3.8) is 0 Å². The minimum absolute atomic E-state index is 0.590. The van der Waals surface area contributed by atoms with E-state index in [0.29, 0.717) is 0 Å². The van der Waals surface area contributed by atoms with E-state index in [0.717, 1.165) is 55.4 Å². The summed E-state index contributed by atoms with van der Waals surface area (Å²) >= 11 is 0. The lowest BCUT2D eigenvalue weighted by molar-refractivity contribution is -0.357. The largest absolute Gasteiger partial charge is 0.463 e. The van der Waals surface area contributed by atoms with Crippen molar-refractivity contribution >= 4 is 47.8 Å². The van der Waals surface area contributed by atoms with Crippen LogP contribution in [-0.2, 0) is 90.5 Å². The molecule has 2 aliphatic heterocycles. The van der Waals surface area contributed by atoms with Crippen LogP contribution in [0.1, 0.15) is 55.4 Å². The third kappa shape index (κ3) is 12.1. The van der Waals surface area contributed by atoms with E-state index in [1.165, 1.54) is 0 Å². The molecule has 47 heavy (non-hydrogen) atoms. The van der Waals surface area contributed by atoms with Gasteiger partial charge in [-0.1, -0.05) is 0 Å². The highest BCUT2D eigenvalue weighted by molar-refractivity contribution is 5.70. The van der Waals surface area contributed by atoms with Gasteiger partial charge in [-0.05, 0) is 0 Å². The van der Waals surface area contributed by atoms with Crippen LogP contribution >= 0.6 is 0 Å². The van der Waals surface area contributed by atoms with Crippen LogP contribution in [0, 0.1) is 0 Å². The maximum atomic E-state index is 12.3. The van der Waals surface area contributed by atoms with Gasteiger partial charge >= 0.3 is 47.8 Å². The molecule has 2 aliphatic rings. The van der Waals surface area contributed by atoms with E-state index in [1.807, 2.05) is 0 Å². The molecule has 0 aromatic carbocycles. The molecule has 0 spiro atoms. The smallest absolute Gasteiger partial charge is 0.305 e. The van der Waals surface area contributed by atoms with Gasteiger partial charge in [0.15, 0.2) is 30.7 Å². The maximum absolute atomic E-state index is 12.3. The summed E-state index contributed by atoms with van der Waals surface area (Å²) in [6, 6.07) is 0.